The number of ether oxygens (including phenoxy) is 1. The van der Waals surface area contributed by atoms with Crippen molar-refractivity contribution >= 4 is 29.5 Å². The number of fused-ring (bicyclic) bond motifs is 1. The lowest BCUT2D eigenvalue weighted by atomic mass is 9.79. The number of aliphatic hydroxyl groups is 1. The van der Waals surface area contributed by atoms with Crippen LogP contribution in [0.5, 0.6) is 5.75 Å². The summed E-state index contributed by atoms with van der Waals surface area (Å²) in [4.78, 5) is 43.7. The van der Waals surface area contributed by atoms with E-state index in [0.29, 0.717) is 24.4 Å². The number of methoxy groups -OCH3 is 1. The second kappa shape index (κ2) is 10.1. The Hall–Kier alpha value is -2.56. The number of aliphatic carboxylic acids is 1. The second-order valence-corrected chi connectivity index (χ2v) is 11.6. The maximum absolute atomic E-state index is 13.1. The molecule has 0 bridgehead atoms. The van der Waals surface area contributed by atoms with Crippen LogP contribution in [0, 0.1) is 18.8 Å². The van der Waals surface area contributed by atoms with Gasteiger partial charge < -0.3 is 24.7 Å². The molecule has 2 fully saturated rings. The Morgan fingerprint density at radius 3 is 2.58 bits per heavy atom. The van der Waals surface area contributed by atoms with Crippen LogP contribution in [-0.4, -0.2) is 93.9 Å². The summed E-state index contributed by atoms with van der Waals surface area (Å²) < 4.78 is 5.47. The van der Waals surface area contributed by atoms with Crippen LogP contribution in [0.3, 0.4) is 0 Å². The third-order valence-electron chi connectivity index (χ3n) is 7.55. The minimum Gasteiger partial charge on any atom is -0.496 e. The molecule has 10 heteroatoms. The highest BCUT2D eigenvalue weighted by molar-refractivity contribution is 8.03. The molecular weight excluding hydrogens is 482 g/mol. The molecule has 4 rings (SSSR count). The summed E-state index contributed by atoms with van der Waals surface area (Å²) in [6.07, 6.45) is -0.261. The molecule has 0 spiro atoms. The molecule has 2 N–H and O–H groups in total. The maximum atomic E-state index is 13.1. The van der Waals surface area contributed by atoms with Crippen molar-refractivity contribution in [2.75, 3.05) is 27.7 Å². The van der Waals surface area contributed by atoms with Crippen molar-refractivity contribution in [2.24, 2.45) is 11.8 Å². The molecule has 0 radical (unpaired) electrons. The van der Waals surface area contributed by atoms with E-state index in [1.807, 2.05) is 32.0 Å². The van der Waals surface area contributed by atoms with Crippen LogP contribution in [0.15, 0.2) is 28.8 Å². The summed E-state index contributed by atoms with van der Waals surface area (Å²) in [5, 5.41) is 20.0. The first-order valence-corrected chi connectivity index (χ1v) is 13.1. The van der Waals surface area contributed by atoms with Crippen molar-refractivity contribution in [1.29, 1.82) is 0 Å². The molecule has 3 aliphatic rings. The third-order valence-corrected chi connectivity index (χ3v) is 9.05. The smallest absolute Gasteiger partial charge is 0.353 e. The lowest BCUT2D eigenvalue weighted by Gasteiger charge is -2.46. The molecule has 0 aromatic heterocycles. The number of aryl methyl sites for hydroxylation is 1. The average Bonchev–Trinajstić information content (AvgIpc) is 3.31. The summed E-state index contributed by atoms with van der Waals surface area (Å²) >= 11 is 1.47. The van der Waals surface area contributed by atoms with Crippen LogP contribution in [-0.2, 0) is 20.9 Å². The Morgan fingerprint density at radius 2 is 2.00 bits per heavy atom. The van der Waals surface area contributed by atoms with Gasteiger partial charge in [-0.2, -0.15) is 0 Å². The molecule has 6 atom stereocenters. The quantitative estimate of drug-likeness (QED) is 0.504. The molecule has 3 heterocycles. The third kappa shape index (κ3) is 4.50. The maximum Gasteiger partial charge on any atom is 0.353 e. The zero-order valence-corrected chi connectivity index (χ0v) is 22.4. The summed E-state index contributed by atoms with van der Waals surface area (Å²) in [5.41, 5.74) is 2.10. The molecule has 9 nitrogen and oxygen atoms in total. The summed E-state index contributed by atoms with van der Waals surface area (Å²) in [7, 11) is 5.12. The van der Waals surface area contributed by atoms with Gasteiger partial charge in [0.05, 0.1) is 31.2 Å². The summed E-state index contributed by atoms with van der Waals surface area (Å²) in [5.74, 6) is -1.45. The fraction of sp³-hybridized carbons (Fsp3) is 0.577. The molecule has 36 heavy (non-hydrogen) atoms. The van der Waals surface area contributed by atoms with Crippen LogP contribution in [0.2, 0.25) is 0 Å². The minimum atomic E-state index is -1.13. The van der Waals surface area contributed by atoms with Gasteiger partial charge in [0.25, 0.3) is 0 Å². The monoisotopic (exact) mass is 517 g/mol. The normalized spacial score (nSPS) is 28.7. The topological polar surface area (TPSA) is 111 Å². The number of benzene rings is 1. The van der Waals surface area contributed by atoms with Crippen molar-refractivity contribution in [3.05, 3.63) is 39.9 Å². The van der Waals surface area contributed by atoms with Crippen molar-refractivity contribution in [1.82, 2.24) is 14.7 Å². The predicted molar refractivity (Wildman–Crippen MR) is 136 cm³/mol. The first-order chi connectivity index (χ1) is 17.0. The Morgan fingerprint density at radius 1 is 1.31 bits per heavy atom. The lowest BCUT2D eigenvalue weighted by molar-refractivity contribution is -0.163. The SMILES string of the molecule is COc1cc(CN2C[C@@H](SC3=C(C(=O)O)N4C(=O)[C@H]([C@@H](C)O)[C@H]4[C@H]3C)C[C@H]2C(=O)N(C)C)ccc1C. The number of nitrogens with zero attached hydrogens (tertiary/aromatic N) is 3. The van der Waals surface area contributed by atoms with Crippen molar-refractivity contribution < 1.29 is 29.3 Å². The van der Waals surface area contributed by atoms with Crippen LogP contribution in [0.4, 0.5) is 0 Å². The number of likely N-dealkylation sites (N-methyl/N-ethyl adjacent to an activating group) is 1. The highest BCUT2D eigenvalue weighted by atomic mass is 32.2. The van der Waals surface area contributed by atoms with Gasteiger partial charge in [0.2, 0.25) is 11.8 Å². The van der Waals surface area contributed by atoms with Crippen LogP contribution >= 0.6 is 11.8 Å². The van der Waals surface area contributed by atoms with Crippen molar-refractivity contribution in [3.8, 4) is 5.75 Å². The van der Waals surface area contributed by atoms with E-state index in [0.717, 1.165) is 16.9 Å². The molecule has 0 unspecified atom stereocenters. The fourth-order valence-electron chi connectivity index (χ4n) is 5.73. The highest BCUT2D eigenvalue weighted by Gasteiger charge is 2.60. The van der Waals surface area contributed by atoms with E-state index in [4.69, 9.17) is 4.74 Å². The number of carbonyl (C=O) groups is 3. The van der Waals surface area contributed by atoms with Gasteiger partial charge in [-0.25, -0.2) is 4.79 Å². The Kier molecular flexibility index (Phi) is 7.41. The zero-order chi connectivity index (χ0) is 26.5. The van der Waals surface area contributed by atoms with Gasteiger partial charge >= 0.3 is 5.97 Å². The molecule has 0 saturated carbocycles. The van der Waals surface area contributed by atoms with E-state index >= 15 is 0 Å². The number of carboxylic acid groups (broad SMARTS) is 1. The molecule has 2 saturated heterocycles. The minimum absolute atomic E-state index is 0.0113. The molecule has 0 aliphatic carbocycles. The summed E-state index contributed by atoms with van der Waals surface area (Å²) in [6, 6.07) is 5.35. The Balaban J connectivity index is 1.58. The first-order valence-electron chi connectivity index (χ1n) is 12.2. The van der Waals surface area contributed by atoms with Gasteiger partial charge in [0.15, 0.2) is 0 Å². The molecule has 3 aliphatic heterocycles. The van der Waals surface area contributed by atoms with Gasteiger partial charge in [0, 0.05) is 43.3 Å². The summed E-state index contributed by atoms with van der Waals surface area (Å²) in [6.45, 7) is 6.65. The van der Waals surface area contributed by atoms with Gasteiger partial charge in [-0.15, -0.1) is 11.8 Å². The van der Waals surface area contributed by atoms with E-state index in [2.05, 4.69) is 4.90 Å². The number of carboxylic acids is 1. The van der Waals surface area contributed by atoms with Gasteiger partial charge in [-0.3, -0.25) is 14.5 Å². The van der Waals surface area contributed by atoms with E-state index in [1.54, 1.807) is 33.0 Å². The van der Waals surface area contributed by atoms with E-state index < -0.39 is 18.0 Å². The number of hydrogen-bond acceptors (Lipinski definition) is 7. The number of rotatable bonds is 8. The van der Waals surface area contributed by atoms with Crippen LogP contribution in [0.1, 0.15) is 31.4 Å². The van der Waals surface area contributed by atoms with E-state index in [-0.39, 0.29) is 40.8 Å². The number of likely N-dealkylation sites (tertiary alicyclic amines) is 1. The number of amides is 2. The van der Waals surface area contributed by atoms with E-state index in [9.17, 15) is 24.6 Å². The standard InChI is InChI=1S/C26H35N3O6S/c1-13-7-8-16(9-19(13)35-6)11-28-12-17(10-18(28)24(31)27(4)5)36-23-14(2)21-20(15(3)30)25(32)29(21)22(23)26(33)34/h7-9,14-15,17-18,20-21,30H,10-12H2,1-6H3,(H,33,34)/t14-,15-,17+,18+,20-,21-/m1/s1. The number of β-lactam (4-membered cyclic amide) rings is 1. The second-order valence-electron chi connectivity index (χ2n) is 10.2. The van der Waals surface area contributed by atoms with Crippen LogP contribution < -0.4 is 4.74 Å². The fourth-order valence-corrected chi connectivity index (χ4v) is 7.29. The zero-order valence-electron chi connectivity index (χ0n) is 21.6. The van der Waals surface area contributed by atoms with E-state index in [1.165, 1.54) is 16.7 Å². The number of hydrogen-bond donors (Lipinski definition) is 2. The van der Waals surface area contributed by atoms with Gasteiger partial charge in [-0.1, -0.05) is 19.1 Å². The molecule has 196 valence electrons. The molecule has 2 amide bonds. The van der Waals surface area contributed by atoms with Crippen molar-refractivity contribution in [2.45, 2.75) is 57.2 Å². The largest absolute Gasteiger partial charge is 0.496 e. The molecular formula is C26H35N3O6S. The Labute approximate surface area is 216 Å². The Bertz CT molecular complexity index is 1100. The number of thioether (sulfide) groups is 1. The van der Waals surface area contributed by atoms with Crippen LogP contribution in [0.25, 0.3) is 0 Å². The van der Waals surface area contributed by atoms with Gasteiger partial charge in [0.1, 0.15) is 11.4 Å². The average molecular weight is 518 g/mol. The molecule has 1 aromatic carbocycles. The molecule has 1 aromatic rings. The lowest BCUT2D eigenvalue weighted by Crippen LogP contribution is -2.63. The van der Waals surface area contributed by atoms with Gasteiger partial charge in [-0.05, 0) is 37.5 Å². The van der Waals surface area contributed by atoms with Crippen molar-refractivity contribution in [3.63, 3.8) is 0 Å². The number of aliphatic hydroxyl groups excluding tert-OH is 1. The predicted octanol–water partition coefficient (Wildman–Crippen LogP) is 1.92. The highest BCUT2D eigenvalue weighted by Crippen LogP contribution is 2.52. The number of carbonyl (C=O) groups excluding carboxylic acids is 2. The first kappa shape index (κ1) is 26.5.